The SMILES string of the molecule is N#Cc1ccc(C#Cc2ccc3c(c2)C(=O)N(c2cccc4ccccc24)C3=O)c2nsnc12. The molecule has 0 aliphatic carbocycles. The van der Waals surface area contributed by atoms with E-state index in [-0.39, 0.29) is 11.8 Å². The van der Waals surface area contributed by atoms with E-state index in [1.54, 1.807) is 36.4 Å². The van der Waals surface area contributed by atoms with E-state index in [4.69, 9.17) is 0 Å². The van der Waals surface area contributed by atoms with Crippen LogP contribution in [0.15, 0.2) is 72.8 Å². The van der Waals surface area contributed by atoms with Crippen LogP contribution in [0, 0.1) is 23.2 Å². The summed E-state index contributed by atoms with van der Waals surface area (Å²) in [5, 5.41) is 11.0. The second kappa shape index (κ2) is 7.63. The molecule has 34 heavy (non-hydrogen) atoms. The van der Waals surface area contributed by atoms with E-state index in [0.29, 0.717) is 44.5 Å². The number of fused-ring (bicyclic) bond motifs is 3. The zero-order valence-electron chi connectivity index (χ0n) is 17.4. The molecule has 0 spiro atoms. The molecule has 4 aromatic carbocycles. The molecule has 7 heteroatoms. The highest BCUT2D eigenvalue weighted by atomic mass is 32.1. The molecule has 0 N–H and O–H groups in total. The molecule has 2 heterocycles. The van der Waals surface area contributed by atoms with E-state index in [9.17, 15) is 14.9 Å². The second-order valence-corrected chi connectivity index (χ2v) is 8.22. The smallest absolute Gasteiger partial charge is 0.266 e. The zero-order valence-corrected chi connectivity index (χ0v) is 18.3. The minimum absolute atomic E-state index is 0.324. The van der Waals surface area contributed by atoms with Crippen molar-refractivity contribution in [1.82, 2.24) is 8.75 Å². The predicted molar refractivity (Wildman–Crippen MR) is 130 cm³/mol. The zero-order chi connectivity index (χ0) is 23.2. The average Bonchev–Trinajstić information content (AvgIpc) is 3.46. The van der Waals surface area contributed by atoms with Gasteiger partial charge in [-0.3, -0.25) is 9.59 Å². The maximum Gasteiger partial charge on any atom is 0.266 e. The standard InChI is InChI=1S/C27H12N4O2S/c28-15-19-12-11-18(24-25(19)30-34-29-24)10-8-16-9-13-21-22(14-16)27(33)31(26(21)32)23-7-3-5-17-4-1-2-6-20(17)23/h1-7,9,11-14H. The number of imide groups is 1. The lowest BCUT2D eigenvalue weighted by Gasteiger charge is -2.16. The molecule has 2 amide bonds. The van der Waals surface area contributed by atoms with Gasteiger partial charge in [0, 0.05) is 10.9 Å². The Bertz CT molecular complexity index is 1780. The summed E-state index contributed by atoms with van der Waals surface area (Å²) in [6.45, 7) is 0. The molecule has 6 rings (SSSR count). The molecule has 1 aliphatic rings. The highest BCUT2D eigenvalue weighted by Gasteiger charge is 2.37. The van der Waals surface area contributed by atoms with Crippen molar-refractivity contribution in [2.75, 3.05) is 4.90 Å². The van der Waals surface area contributed by atoms with Crippen LogP contribution in [-0.2, 0) is 0 Å². The second-order valence-electron chi connectivity index (χ2n) is 7.69. The first-order chi connectivity index (χ1) is 16.7. The lowest BCUT2D eigenvalue weighted by molar-refractivity contribution is 0.0926. The molecule has 1 aliphatic heterocycles. The van der Waals surface area contributed by atoms with Gasteiger partial charge in [0.15, 0.2) is 0 Å². The molecular weight excluding hydrogens is 444 g/mol. The molecule has 0 saturated carbocycles. The van der Waals surface area contributed by atoms with E-state index < -0.39 is 0 Å². The highest BCUT2D eigenvalue weighted by molar-refractivity contribution is 7.00. The Morgan fingerprint density at radius 3 is 2.35 bits per heavy atom. The first-order valence-electron chi connectivity index (χ1n) is 10.3. The van der Waals surface area contributed by atoms with Gasteiger partial charge in [-0.25, -0.2) is 4.90 Å². The van der Waals surface area contributed by atoms with E-state index in [2.05, 4.69) is 26.7 Å². The minimum atomic E-state index is -0.371. The van der Waals surface area contributed by atoms with Gasteiger partial charge in [0.25, 0.3) is 11.8 Å². The molecule has 0 radical (unpaired) electrons. The van der Waals surface area contributed by atoms with E-state index in [0.717, 1.165) is 22.5 Å². The summed E-state index contributed by atoms with van der Waals surface area (Å²) >= 11 is 1.03. The Morgan fingerprint density at radius 1 is 0.765 bits per heavy atom. The van der Waals surface area contributed by atoms with Gasteiger partial charge in [-0.2, -0.15) is 14.0 Å². The molecule has 0 atom stereocenters. The van der Waals surface area contributed by atoms with Crippen LogP contribution in [0.2, 0.25) is 0 Å². The fourth-order valence-corrected chi connectivity index (χ4v) is 4.71. The highest BCUT2D eigenvalue weighted by Crippen LogP contribution is 2.34. The first-order valence-corrected chi connectivity index (χ1v) is 11.1. The van der Waals surface area contributed by atoms with Crippen molar-refractivity contribution in [1.29, 1.82) is 5.26 Å². The first kappa shape index (κ1) is 19.8. The van der Waals surface area contributed by atoms with Gasteiger partial charge in [-0.05, 0) is 41.8 Å². The lowest BCUT2D eigenvalue weighted by atomic mass is 10.0. The normalized spacial score (nSPS) is 12.5. The van der Waals surface area contributed by atoms with Crippen molar-refractivity contribution in [3.8, 4) is 17.9 Å². The Morgan fingerprint density at radius 2 is 1.50 bits per heavy atom. The largest absolute Gasteiger partial charge is 0.268 e. The number of rotatable bonds is 1. The summed E-state index contributed by atoms with van der Waals surface area (Å²) in [4.78, 5) is 27.7. The van der Waals surface area contributed by atoms with E-state index >= 15 is 0 Å². The number of nitrogens with zero attached hydrogens (tertiary/aromatic N) is 4. The van der Waals surface area contributed by atoms with Gasteiger partial charge in [0.2, 0.25) is 0 Å². The molecule has 1 aromatic heterocycles. The number of nitriles is 1. The Labute approximate surface area is 198 Å². The van der Waals surface area contributed by atoms with Crippen LogP contribution in [0.25, 0.3) is 21.8 Å². The van der Waals surface area contributed by atoms with Gasteiger partial charge in [0.05, 0.1) is 39.7 Å². The van der Waals surface area contributed by atoms with Gasteiger partial charge >= 0.3 is 0 Å². The van der Waals surface area contributed by atoms with E-state index in [1.165, 1.54) is 4.90 Å². The van der Waals surface area contributed by atoms with Gasteiger partial charge < -0.3 is 0 Å². The lowest BCUT2D eigenvalue weighted by Crippen LogP contribution is -2.29. The monoisotopic (exact) mass is 456 g/mol. The van der Waals surface area contributed by atoms with E-state index in [1.807, 2.05) is 36.4 Å². The van der Waals surface area contributed by atoms with Crippen LogP contribution >= 0.6 is 11.7 Å². The van der Waals surface area contributed by atoms with Crippen LogP contribution in [0.4, 0.5) is 5.69 Å². The molecule has 158 valence electrons. The molecule has 6 nitrogen and oxygen atoms in total. The third-order valence-electron chi connectivity index (χ3n) is 5.77. The third-order valence-corrected chi connectivity index (χ3v) is 6.30. The fourth-order valence-electron chi connectivity index (χ4n) is 4.14. The topological polar surface area (TPSA) is 87.0 Å². The maximum atomic E-state index is 13.3. The quantitative estimate of drug-likeness (QED) is 0.264. The van der Waals surface area contributed by atoms with Gasteiger partial charge in [0.1, 0.15) is 17.1 Å². The Hall–Kier alpha value is -4.85. The molecule has 0 unspecified atom stereocenters. The molecular formula is C27H12N4O2S. The van der Waals surface area contributed by atoms with Crippen LogP contribution in [0.3, 0.4) is 0 Å². The summed E-state index contributed by atoms with van der Waals surface area (Å²) in [5.41, 5.74) is 4.03. The summed E-state index contributed by atoms with van der Waals surface area (Å²) in [5.74, 6) is 5.39. The molecule has 0 saturated heterocycles. The fraction of sp³-hybridized carbons (Fsp3) is 0. The van der Waals surface area contributed by atoms with Crippen molar-refractivity contribution >= 4 is 51.0 Å². The average molecular weight is 456 g/mol. The maximum absolute atomic E-state index is 13.3. The number of carbonyl (C=O) groups is 2. The van der Waals surface area contributed by atoms with Gasteiger partial charge in [-0.15, -0.1) is 0 Å². The number of amides is 2. The minimum Gasteiger partial charge on any atom is -0.268 e. The van der Waals surface area contributed by atoms with Crippen LogP contribution in [-0.4, -0.2) is 20.6 Å². The Balaban J connectivity index is 1.39. The summed E-state index contributed by atoms with van der Waals surface area (Å²) in [6.07, 6.45) is 0. The van der Waals surface area contributed by atoms with Crippen molar-refractivity contribution in [2.24, 2.45) is 0 Å². The molecule has 5 aromatic rings. The number of hydrogen-bond acceptors (Lipinski definition) is 6. The Kier molecular flexibility index (Phi) is 4.44. The van der Waals surface area contributed by atoms with Crippen molar-refractivity contribution in [2.45, 2.75) is 0 Å². The third kappa shape index (κ3) is 2.96. The van der Waals surface area contributed by atoms with Crippen molar-refractivity contribution in [3.63, 3.8) is 0 Å². The summed E-state index contributed by atoms with van der Waals surface area (Å²) in [6, 6.07) is 23.7. The number of benzene rings is 4. The number of aromatic nitrogens is 2. The summed E-state index contributed by atoms with van der Waals surface area (Å²) < 4.78 is 8.44. The summed E-state index contributed by atoms with van der Waals surface area (Å²) in [7, 11) is 0. The van der Waals surface area contributed by atoms with Crippen LogP contribution < -0.4 is 4.90 Å². The number of anilines is 1. The van der Waals surface area contributed by atoms with Crippen molar-refractivity contribution in [3.05, 3.63) is 101 Å². The molecule has 0 fully saturated rings. The van der Waals surface area contributed by atoms with Crippen molar-refractivity contribution < 1.29 is 9.59 Å². The number of hydrogen-bond donors (Lipinski definition) is 0. The van der Waals surface area contributed by atoms with Crippen LogP contribution in [0.5, 0.6) is 0 Å². The number of carbonyl (C=O) groups excluding carboxylic acids is 2. The van der Waals surface area contributed by atoms with Gasteiger partial charge in [-0.1, -0.05) is 48.2 Å². The van der Waals surface area contributed by atoms with Crippen LogP contribution in [0.1, 0.15) is 37.4 Å². The predicted octanol–water partition coefficient (Wildman–Crippen LogP) is 4.92. The molecule has 0 bridgehead atoms.